The fourth-order valence-electron chi connectivity index (χ4n) is 1.83. The van der Waals surface area contributed by atoms with Gasteiger partial charge in [0.05, 0.1) is 6.61 Å². The molecular formula is C11H21NO3. The van der Waals surface area contributed by atoms with Crippen LogP contribution in [-0.4, -0.2) is 30.8 Å². The molecule has 1 atom stereocenters. The van der Waals surface area contributed by atoms with Crippen molar-refractivity contribution >= 4 is 5.97 Å². The lowest BCUT2D eigenvalue weighted by Crippen LogP contribution is -2.47. The quantitative estimate of drug-likeness (QED) is 0.701. The van der Waals surface area contributed by atoms with Gasteiger partial charge in [0.25, 0.3) is 0 Å². The number of carbonyl (C=O) groups is 1. The highest BCUT2D eigenvalue weighted by atomic mass is 16.6. The maximum Gasteiger partial charge on any atom is 0.326 e. The summed E-state index contributed by atoms with van der Waals surface area (Å²) in [5.74, 6) is -0.271. The molecule has 1 fully saturated rings. The van der Waals surface area contributed by atoms with E-state index in [1.807, 2.05) is 13.8 Å². The molecule has 0 spiro atoms. The Morgan fingerprint density at radius 2 is 2.07 bits per heavy atom. The van der Waals surface area contributed by atoms with Gasteiger partial charge in [-0.1, -0.05) is 12.8 Å². The summed E-state index contributed by atoms with van der Waals surface area (Å²) in [6.45, 7) is 4.82. The van der Waals surface area contributed by atoms with E-state index >= 15 is 0 Å². The van der Waals surface area contributed by atoms with E-state index in [4.69, 9.17) is 15.2 Å². The van der Waals surface area contributed by atoms with Crippen LogP contribution in [0, 0.1) is 0 Å². The number of hydrogen-bond acceptors (Lipinski definition) is 4. The lowest BCUT2D eigenvalue weighted by atomic mass is 10.00. The van der Waals surface area contributed by atoms with Crippen molar-refractivity contribution in [1.82, 2.24) is 0 Å². The van der Waals surface area contributed by atoms with E-state index in [-0.39, 0.29) is 12.1 Å². The molecule has 2 N–H and O–H groups in total. The minimum Gasteiger partial charge on any atom is -0.459 e. The average molecular weight is 215 g/mol. The summed E-state index contributed by atoms with van der Waals surface area (Å²) in [6.07, 6.45) is 3.32. The number of rotatable bonds is 5. The summed E-state index contributed by atoms with van der Waals surface area (Å²) < 4.78 is 10.4. The summed E-state index contributed by atoms with van der Waals surface area (Å²) in [7, 11) is 0. The predicted molar refractivity (Wildman–Crippen MR) is 57.4 cm³/mol. The van der Waals surface area contributed by atoms with Gasteiger partial charge in [0.2, 0.25) is 0 Å². The second kappa shape index (κ2) is 5.47. The van der Waals surface area contributed by atoms with Crippen molar-refractivity contribution in [2.75, 3.05) is 13.2 Å². The first-order valence-electron chi connectivity index (χ1n) is 5.66. The Balaban J connectivity index is 2.34. The molecule has 0 aliphatic heterocycles. The Labute approximate surface area is 91.1 Å². The van der Waals surface area contributed by atoms with Crippen molar-refractivity contribution in [2.24, 2.45) is 5.73 Å². The Morgan fingerprint density at radius 1 is 1.47 bits per heavy atom. The summed E-state index contributed by atoms with van der Waals surface area (Å²) in [6, 6.07) is 0. The maximum absolute atomic E-state index is 11.7. The van der Waals surface area contributed by atoms with Gasteiger partial charge in [-0.2, -0.15) is 0 Å². The summed E-state index contributed by atoms with van der Waals surface area (Å²) >= 11 is 0. The first-order chi connectivity index (χ1) is 7.08. The van der Waals surface area contributed by atoms with Crippen LogP contribution in [0.3, 0.4) is 0 Å². The van der Waals surface area contributed by atoms with Crippen molar-refractivity contribution in [3.05, 3.63) is 0 Å². The molecule has 0 aromatic carbocycles. The molecule has 1 rings (SSSR count). The Hall–Kier alpha value is -0.610. The van der Waals surface area contributed by atoms with Gasteiger partial charge in [0.15, 0.2) is 0 Å². The van der Waals surface area contributed by atoms with Gasteiger partial charge in [-0.15, -0.1) is 0 Å². The van der Waals surface area contributed by atoms with Crippen molar-refractivity contribution in [1.29, 1.82) is 0 Å². The van der Waals surface area contributed by atoms with E-state index < -0.39 is 5.54 Å². The van der Waals surface area contributed by atoms with Gasteiger partial charge < -0.3 is 15.2 Å². The summed E-state index contributed by atoms with van der Waals surface area (Å²) in [5, 5.41) is 0. The Morgan fingerprint density at radius 3 is 2.60 bits per heavy atom. The highest BCUT2D eigenvalue weighted by Gasteiger charge is 2.39. The highest BCUT2D eigenvalue weighted by Crippen LogP contribution is 2.28. The molecule has 88 valence electrons. The van der Waals surface area contributed by atoms with Gasteiger partial charge in [-0.05, 0) is 26.7 Å². The molecular weight excluding hydrogens is 194 g/mol. The first-order valence-corrected chi connectivity index (χ1v) is 5.66. The van der Waals surface area contributed by atoms with Crippen LogP contribution in [0.25, 0.3) is 0 Å². The number of hydrogen-bond donors (Lipinski definition) is 1. The zero-order valence-corrected chi connectivity index (χ0v) is 9.62. The molecule has 0 aromatic rings. The molecule has 1 aliphatic carbocycles. The molecule has 1 unspecified atom stereocenters. The van der Waals surface area contributed by atoms with Crippen LogP contribution >= 0.6 is 0 Å². The molecule has 0 saturated heterocycles. The molecule has 0 heterocycles. The number of esters is 1. The second-order valence-electron chi connectivity index (χ2n) is 4.24. The molecule has 1 aliphatic rings. The zero-order valence-electron chi connectivity index (χ0n) is 9.62. The molecule has 15 heavy (non-hydrogen) atoms. The third-order valence-corrected chi connectivity index (χ3v) is 2.77. The van der Waals surface area contributed by atoms with E-state index in [1.165, 1.54) is 0 Å². The lowest BCUT2D eigenvalue weighted by Gasteiger charge is -2.23. The predicted octanol–water partition coefficient (Wildman–Crippen LogP) is 1.23. The van der Waals surface area contributed by atoms with Crippen molar-refractivity contribution in [3.8, 4) is 0 Å². The molecule has 4 heteroatoms. The molecule has 1 saturated carbocycles. The smallest absolute Gasteiger partial charge is 0.326 e. The van der Waals surface area contributed by atoms with E-state index in [1.54, 1.807) is 0 Å². The van der Waals surface area contributed by atoms with Crippen LogP contribution in [0.1, 0.15) is 39.5 Å². The van der Waals surface area contributed by atoms with Crippen LogP contribution in [-0.2, 0) is 14.3 Å². The minimum absolute atomic E-state index is 0.210. The highest BCUT2D eigenvalue weighted by molar-refractivity contribution is 5.81. The topological polar surface area (TPSA) is 61.5 Å². The summed E-state index contributed by atoms with van der Waals surface area (Å²) in [5.41, 5.74) is 5.23. The van der Waals surface area contributed by atoms with Crippen LogP contribution in [0.15, 0.2) is 0 Å². The second-order valence-corrected chi connectivity index (χ2v) is 4.24. The number of ether oxygens (including phenoxy) is 2. The third-order valence-electron chi connectivity index (χ3n) is 2.77. The first kappa shape index (κ1) is 12.5. The van der Waals surface area contributed by atoms with E-state index in [0.29, 0.717) is 13.2 Å². The zero-order chi connectivity index (χ0) is 11.3. The standard InChI is InChI=1S/C11H21NO3/c1-3-14-8-9(2)15-10(13)11(12)6-4-5-7-11/h9H,3-8,12H2,1-2H3. The van der Waals surface area contributed by atoms with E-state index in [2.05, 4.69) is 0 Å². The van der Waals surface area contributed by atoms with Crippen LogP contribution < -0.4 is 5.73 Å². The number of carbonyl (C=O) groups excluding carboxylic acids is 1. The van der Waals surface area contributed by atoms with Crippen LogP contribution in [0.5, 0.6) is 0 Å². The van der Waals surface area contributed by atoms with Gasteiger partial charge in [-0.25, -0.2) is 0 Å². The largest absolute Gasteiger partial charge is 0.459 e. The molecule has 0 amide bonds. The van der Waals surface area contributed by atoms with Crippen molar-refractivity contribution in [3.63, 3.8) is 0 Å². The Kier molecular flexibility index (Phi) is 4.54. The SMILES string of the molecule is CCOCC(C)OC(=O)C1(N)CCCC1. The Bertz CT molecular complexity index is 212. The van der Waals surface area contributed by atoms with Gasteiger partial charge >= 0.3 is 5.97 Å². The fourth-order valence-corrected chi connectivity index (χ4v) is 1.83. The number of nitrogens with two attached hydrogens (primary N) is 1. The van der Waals surface area contributed by atoms with Gasteiger partial charge in [-0.3, -0.25) is 4.79 Å². The molecule has 0 radical (unpaired) electrons. The van der Waals surface area contributed by atoms with Crippen molar-refractivity contribution in [2.45, 2.75) is 51.2 Å². The monoisotopic (exact) mass is 215 g/mol. The fraction of sp³-hybridized carbons (Fsp3) is 0.909. The van der Waals surface area contributed by atoms with E-state index in [9.17, 15) is 4.79 Å². The average Bonchev–Trinajstić information content (AvgIpc) is 2.63. The van der Waals surface area contributed by atoms with Crippen LogP contribution in [0.2, 0.25) is 0 Å². The maximum atomic E-state index is 11.7. The van der Waals surface area contributed by atoms with Gasteiger partial charge in [0, 0.05) is 6.61 Å². The minimum atomic E-state index is -0.736. The third kappa shape index (κ3) is 3.47. The van der Waals surface area contributed by atoms with E-state index in [0.717, 1.165) is 25.7 Å². The molecule has 0 bridgehead atoms. The lowest BCUT2D eigenvalue weighted by molar-refractivity contribution is -0.157. The normalized spacial score (nSPS) is 21.3. The van der Waals surface area contributed by atoms with Crippen molar-refractivity contribution < 1.29 is 14.3 Å². The molecule has 4 nitrogen and oxygen atoms in total. The van der Waals surface area contributed by atoms with Crippen LogP contribution in [0.4, 0.5) is 0 Å². The van der Waals surface area contributed by atoms with Gasteiger partial charge in [0.1, 0.15) is 11.6 Å². The summed E-state index contributed by atoms with van der Waals surface area (Å²) in [4.78, 5) is 11.7. The molecule has 0 aromatic heterocycles.